The maximum absolute atomic E-state index is 5.95. The highest BCUT2D eigenvalue weighted by molar-refractivity contribution is 5.85. The van der Waals surface area contributed by atoms with Crippen LogP contribution in [0.4, 0.5) is 0 Å². The second-order valence-electron chi connectivity index (χ2n) is 3.97. The third-order valence-electron chi connectivity index (χ3n) is 2.69. The van der Waals surface area contributed by atoms with Crippen molar-refractivity contribution in [3.63, 3.8) is 0 Å². The van der Waals surface area contributed by atoms with Crippen LogP contribution < -0.4 is 14.8 Å². The van der Waals surface area contributed by atoms with E-state index in [1.165, 1.54) is 6.42 Å². The van der Waals surface area contributed by atoms with Gasteiger partial charge in [0.1, 0.15) is 6.10 Å². The summed E-state index contributed by atoms with van der Waals surface area (Å²) in [6.07, 6.45) is 2.57. The van der Waals surface area contributed by atoms with E-state index in [1.54, 1.807) is 0 Å². The predicted octanol–water partition coefficient (Wildman–Crippen LogP) is 2.64. The molecule has 96 valence electrons. The minimum atomic E-state index is 0. The Morgan fingerprint density at radius 3 is 2.71 bits per heavy atom. The molecule has 1 saturated heterocycles. The van der Waals surface area contributed by atoms with Crippen LogP contribution in [0.1, 0.15) is 19.8 Å². The second-order valence-corrected chi connectivity index (χ2v) is 3.97. The van der Waals surface area contributed by atoms with Gasteiger partial charge in [-0.1, -0.05) is 12.1 Å². The van der Waals surface area contributed by atoms with Crippen LogP contribution in [-0.2, 0) is 0 Å². The zero-order valence-electron chi connectivity index (χ0n) is 10.1. The highest BCUT2D eigenvalue weighted by Gasteiger charge is 2.16. The van der Waals surface area contributed by atoms with Crippen LogP contribution in [0, 0.1) is 0 Å². The molecule has 2 rings (SSSR count). The van der Waals surface area contributed by atoms with E-state index in [9.17, 15) is 0 Å². The molecule has 1 aromatic rings. The molecule has 4 heteroatoms. The first-order valence-corrected chi connectivity index (χ1v) is 5.99. The van der Waals surface area contributed by atoms with Gasteiger partial charge in [-0.3, -0.25) is 0 Å². The van der Waals surface area contributed by atoms with Gasteiger partial charge in [0.15, 0.2) is 11.5 Å². The summed E-state index contributed by atoms with van der Waals surface area (Å²) < 4.78 is 11.5. The van der Waals surface area contributed by atoms with Crippen LogP contribution in [0.2, 0.25) is 0 Å². The molecule has 1 aliphatic rings. The third-order valence-corrected chi connectivity index (χ3v) is 2.69. The Bertz CT molecular complexity index is 327. The molecule has 1 atom stereocenters. The van der Waals surface area contributed by atoms with E-state index in [0.29, 0.717) is 6.61 Å². The number of hydrogen-bond acceptors (Lipinski definition) is 3. The zero-order chi connectivity index (χ0) is 11.2. The molecule has 1 heterocycles. The largest absolute Gasteiger partial charge is 0.490 e. The number of halogens is 1. The SMILES string of the molecule is CCOc1ccccc1OC1CCCNC1.Cl. The average molecular weight is 258 g/mol. The number of benzene rings is 1. The highest BCUT2D eigenvalue weighted by atomic mass is 35.5. The summed E-state index contributed by atoms with van der Waals surface area (Å²) in [4.78, 5) is 0. The van der Waals surface area contributed by atoms with Crippen molar-refractivity contribution >= 4 is 12.4 Å². The molecule has 1 aliphatic heterocycles. The number of piperidine rings is 1. The van der Waals surface area contributed by atoms with Crippen molar-refractivity contribution in [2.75, 3.05) is 19.7 Å². The van der Waals surface area contributed by atoms with Gasteiger partial charge in [0.05, 0.1) is 6.61 Å². The maximum atomic E-state index is 5.95. The molecule has 0 saturated carbocycles. The Balaban J connectivity index is 0.00000144. The third kappa shape index (κ3) is 4.10. The van der Waals surface area contributed by atoms with E-state index in [-0.39, 0.29) is 18.5 Å². The number of hydrogen-bond donors (Lipinski definition) is 1. The average Bonchev–Trinajstić information content (AvgIpc) is 2.33. The van der Waals surface area contributed by atoms with Crippen LogP contribution in [-0.4, -0.2) is 25.8 Å². The van der Waals surface area contributed by atoms with Gasteiger partial charge in [-0.2, -0.15) is 0 Å². The fraction of sp³-hybridized carbons (Fsp3) is 0.538. The van der Waals surface area contributed by atoms with Gasteiger partial charge in [-0.25, -0.2) is 0 Å². The minimum absolute atomic E-state index is 0. The van der Waals surface area contributed by atoms with Gasteiger partial charge in [-0.05, 0) is 38.4 Å². The van der Waals surface area contributed by atoms with Crippen LogP contribution in [0.3, 0.4) is 0 Å². The van der Waals surface area contributed by atoms with Gasteiger partial charge in [-0.15, -0.1) is 12.4 Å². The maximum Gasteiger partial charge on any atom is 0.161 e. The summed E-state index contributed by atoms with van der Waals surface area (Å²) in [5, 5.41) is 3.34. The Morgan fingerprint density at radius 2 is 2.06 bits per heavy atom. The lowest BCUT2D eigenvalue weighted by Gasteiger charge is -2.24. The van der Waals surface area contributed by atoms with Crippen molar-refractivity contribution in [3.05, 3.63) is 24.3 Å². The first-order chi connectivity index (χ1) is 7.90. The van der Waals surface area contributed by atoms with Crippen molar-refractivity contribution in [3.8, 4) is 11.5 Å². The van der Waals surface area contributed by atoms with Gasteiger partial charge in [0, 0.05) is 6.54 Å². The number of para-hydroxylation sites is 2. The molecule has 0 aliphatic carbocycles. The molecular weight excluding hydrogens is 238 g/mol. The predicted molar refractivity (Wildman–Crippen MR) is 71.4 cm³/mol. The van der Waals surface area contributed by atoms with E-state index in [1.807, 2.05) is 31.2 Å². The topological polar surface area (TPSA) is 30.5 Å². The summed E-state index contributed by atoms with van der Waals surface area (Å²) in [5.74, 6) is 1.70. The van der Waals surface area contributed by atoms with Crippen molar-refractivity contribution < 1.29 is 9.47 Å². The fourth-order valence-corrected chi connectivity index (χ4v) is 1.92. The van der Waals surface area contributed by atoms with Crippen LogP contribution >= 0.6 is 12.4 Å². The summed E-state index contributed by atoms with van der Waals surface area (Å²) in [6.45, 7) is 4.69. The summed E-state index contributed by atoms with van der Waals surface area (Å²) in [5.41, 5.74) is 0. The lowest BCUT2D eigenvalue weighted by Crippen LogP contribution is -2.37. The van der Waals surface area contributed by atoms with Crippen molar-refractivity contribution in [1.82, 2.24) is 5.32 Å². The molecule has 0 spiro atoms. The quantitative estimate of drug-likeness (QED) is 0.900. The van der Waals surface area contributed by atoms with Gasteiger partial charge in [0.2, 0.25) is 0 Å². The van der Waals surface area contributed by atoms with Crippen molar-refractivity contribution in [1.29, 1.82) is 0 Å². The molecular formula is C13H20ClNO2. The minimum Gasteiger partial charge on any atom is -0.490 e. The van der Waals surface area contributed by atoms with E-state index in [2.05, 4.69) is 5.32 Å². The van der Waals surface area contributed by atoms with Crippen LogP contribution in [0.25, 0.3) is 0 Å². The normalized spacial score (nSPS) is 19.2. The van der Waals surface area contributed by atoms with E-state index >= 15 is 0 Å². The molecule has 1 aromatic carbocycles. The smallest absolute Gasteiger partial charge is 0.161 e. The molecule has 1 fully saturated rings. The molecule has 17 heavy (non-hydrogen) atoms. The molecule has 3 nitrogen and oxygen atoms in total. The standard InChI is InChI=1S/C13H19NO2.ClH/c1-2-15-12-7-3-4-8-13(12)16-11-6-5-9-14-10-11;/h3-4,7-8,11,14H,2,5-6,9-10H2,1H3;1H. The summed E-state index contributed by atoms with van der Waals surface area (Å²) in [6, 6.07) is 7.87. The van der Waals surface area contributed by atoms with Gasteiger partial charge >= 0.3 is 0 Å². The number of ether oxygens (including phenoxy) is 2. The van der Waals surface area contributed by atoms with Crippen LogP contribution in [0.15, 0.2) is 24.3 Å². The van der Waals surface area contributed by atoms with E-state index in [4.69, 9.17) is 9.47 Å². The number of rotatable bonds is 4. The van der Waals surface area contributed by atoms with Crippen LogP contribution in [0.5, 0.6) is 11.5 Å². The zero-order valence-corrected chi connectivity index (χ0v) is 11.0. The lowest BCUT2D eigenvalue weighted by molar-refractivity contribution is 0.159. The van der Waals surface area contributed by atoms with Gasteiger partial charge < -0.3 is 14.8 Å². The number of nitrogens with one attached hydrogen (secondary N) is 1. The van der Waals surface area contributed by atoms with Gasteiger partial charge in [0.25, 0.3) is 0 Å². The Kier molecular flexibility index (Phi) is 6.16. The highest BCUT2D eigenvalue weighted by Crippen LogP contribution is 2.28. The Hall–Kier alpha value is -0.930. The molecule has 1 unspecified atom stereocenters. The molecule has 1 N–H and O–H groups in total. The molecule has 0 radical (unpaired) electrons. The first kappa shape index (κ1) is 14.1. The first-order valence-electron chi connectivity index (χ1n) is 5.99. The van der Waals surface area contributed by atoms with E-state index in [0.717, 1.165) is 31.0 Å². The molecule has 0 amide bonds. The van der Waals surface area contributed by atoms with Crippen molar-refractivity contribution in [2.45, 2.75) is 25.9 Å². The lowest BCUT2D eigenvalue weighted by atomic mass is 10.1. The second kappa shape index (κ2) is 7.41. The fourth-order valence-electron chi connectivity index (χ4n) is 1.92. The van der Waals surface area contributed by atoms with E-state index < -0.39 is 0 Å². The van der Waals surface area contributed by atoms with Crippen molar-refractivity contribution in [2.24, 2.45) is 0 Å². The monoisotopic (exact) mass is 257 g/mol. The molecule has 0 bridgehead atoms. The summed E-state index contributed by atoms with van der Waals surface area (Å²) in [7, 11) is 0. The Labute approximate surface area is 109 Å². The Morgan fingerprint density at radius 1 is 1.29 bits per heavy atom. The molecule has 0 aromatic heterocycles. The summed E-state index contributed by atoms with van der Waals surface area (Å²) >= 11 is 0.